The number of para-hydroxylation sites is 1. The van der Waals surface area contributed by atoms with Gasteiger partial charge in [0.2, 0.25) is 0 Å². The highest BCUT2D eigenvalue weighted by atomic mass is 16.4. The van der Waals surface area contributed by atoms with E-state index in [9.17, 15) is 9.59 Å². The Kier molecular flexibility index (Phi) is 6.63. The van der Waals surface area contributed by atoms with Gasteiger partial charge in [0.15, 0.2) is 5.82 Å². The zero-order valence-electron chi connectivity index (χ0n) is 16.7. The Hall–Kier alpha value is -3.46. The summed E-state index contributed by atoms with van der Waals surface area (Å²) in [5.41, 5.74) is 8.52. The van der Waals surface area contributed by atoms with Crippen LogP contribution < -0.4 is 10.6 Å². The van der Waals surface area contributed by atoms with Crippen molar-refractivity contribution in [1.82, 2.24) is 15.1 Å². The van der Waals surface area contributed by atoms with E-state index >= 15 is 0 Å². The molecule has 0 amide bonds. The van der Waals surface area contributed by atoms with Gasteiger partial charge in [-0.05, 0) is 38.1 Å². The lowest BCUT2D eigenvalue weighted by Crippen LogP contribution is -2.52. The van der Waals surface area contributed by atoms with Crippen molar-refractivity contribution in [3.05, 3.63) is 48.6 Å². The van der Waals surface area contributed by atoms with Gasteiger partial charge >= 0.3 is 11.9 Å². The van der Waals surface area contributed by atoms with Crippen LogP contribution in [0.1, 0.15) is 12.8 Å². The van der Waals surface area contributed by atoms with Crippen molar-refractivity contribution >= 4 is 23.4 Å². The zero-order valence-corrected chi connectivity index (χ0v) is 16.7. The van der Waals surface area contributed by atoms with Gasteiger partial charge in [0, 0.05) is 48.6 Å². The van der Waals surface area contributed by atoms with E-state index in [4.69, 9.17) is 15.9 Å². The Labute approximate surface area is 174 Å². The highest BCUT2D eigenvalue weighted by Crippen LogP contribution is 2.31. The molecule has 2 bridgehead atoms. The number of fused-ring (bicyclic) bond motifs is 2. The maximum atomic E-state index is 9.55. The maximum Gasteiger partial charge on any atom is 0.328 e. The van der Waals surface area contributed by atoms with Crippen LogP contribution in [0.5, 0.6) is 0 Å². The Bertz CT molecular complexity index is 901. The molecule has 2 unspecified atom stereocenters. The van der Waals surface area contributed by atoms with Gasteiger partial charge in [0.05, 0.1) is 5.69 Å². The number of nitrogens with two attached hydrogens (primary N) is 1. The minimum atomic E-state index is -1.26. The van der Waals surface area contributed by atoms with Crippen LogP contribution in [0.15, 0.2) is 48.6 Å². The molecule has 2 aromatic rings. The molecule has 9 nitrogen and oxygen atoms in total. The lowest BCUT2D eigenvalue weighted by atomic mass is 10.1. The van der Waals surface area contributed by atoms with Gasteiger partial charge in [-0.25, -0.2) is 9.59 Å². The molecule has 2 atom stereocenters. The van der Waals surface area contributed by atoms with Crippen LogP contribution in [0.3, 0.4) is 0 Å². The van der Waals surface area contributed by atoms with Gasteiger partial charge in [-0.1, -0.05) is 18.2 Å². The number of hydrogen-bond acceptors (Lipinski definition) is 7. The van der Waals surface area contributed by atoms with E-state index in [1.807, 2.05) is 30.3 Å². The van der Waals surface area contributed by atoms with Crippen molar-refractivity contribution in [1.29, 1.82) is 0 Å². The summed E-state index contributed by atoms with van der Waals surface area (Å²) in [6.45, 7) is 2.10. The first-order valence-corrected chi connectivity index (χ1v) is 9.64. The number of rotatable bonds is 4. The second-order valence-corrected chi connectivity index (χ2v) is 7.33. The molecule has 4 rings (SSSR count). The number of nitrogen functional groups attached to an aromatic ring is 1. The molecule has 9 heteroatoms. The molecule has 0 saturated carbocycles. The van der Waals surface area contributed by atoms with E-state index in [2.05, 4.69) is 33.1 Å². The summed E-state index contributed by atoms with van der Waals surface area (Å²) in [6, 6.07) is 13.2. The van der Waals surface area contributed by atoms with Crippen LogP contribution in [-0.2, 0) is 9.59 Å². The molecule has 30 heavy (non-hydrogen) atoms. The van der Waals surface area contributed by atoms with Gasteiger partial charge in [-0.2, -0.15) is 0 Å². The molecule has 2 saturated heterocycles. The third-order valence-corrected chi connectivity index (χ3v) is 5.43. The van der Waals surface area contributed by atoms with Crippen molar-refractivity contribution in [2.75, 3.05) is 30.8 Å². The minimum Gasteiger partial charge on any atom is -0.478 e. The number of carboxylic acids is 2. The van der Waals surface area contributed by atoms with Crippen molar-refractivity contribution < 1.29 is 19.8 Å². The van der Waals surface area contributed by atoms with Crippen LogP contribution in [0.2, 0.25) is 0 Å². The number of aromatic nitrogens is 2. The molecule has 1 aromatic heterocycles. The number of carboxylic acid groups (broad SMARTS) is 2. The second-order valence-electron chi connectivity index (χ2n) is 7.33. The molecule has 4 N–H and O–H groups in total. The van der Waals surface area contributed by atoms with Crippen molar-refractivity contribution in [2.24, 2.45) is 0 Å². The first kappa shape index (κ1) is 21.3. The Balaban J connectivity index is 0.000000275. The summed E-state index contributed by atoms with van der Waals surface area (Å²) >= 11 is 0. The van der Waals surface area contributed by atoms with Crippen molar-refractivity contribution in [3.8, 4) is 11.3 Å². The van der Waals surface area contributed by atoms with Gasteiger partial charge in [-0.3, -0.25) is 4.90 Å². The Morgan fingerprint density at radius 3 is 2.10 bits per heavy atom. The Morgan fingerprint density at radius 1 is 1.00 bits per heavy atom. The number of likely N-dealkylation sites (N-methyl/N-ethyl adjacent to an activating group) is 1. The number of aliphatic carboxylic acids is 2. The van der Waals surface area contributed by atoms with Crippen LogP contribution in [0.4, 0.5) is 11.5 Å². The average Bonchev–Trinajstić information content (AvgIpc) is 2.93. The van der Waals surface area contributed by atoms with Crippen LogP contribution in [0.25, 0.3) is 11.3 Å². The topological polar surface area (TPSA) is 133 Å². The fourth-order valence-corrected chi connectivity index (χ4v) is 3.81. The normalized spacial score (nSPS) is 20.6. The van der Waals surface area contributed by atoms with Crippen LogP contribution >= 0.6 is 0 Å². The van der Waals surface area contributed by atoms with E-state index in [-0.39, 0.29) is 0 Å². The number of anilines is 2. The van der Waals surface area contributed by atoms with E-state index in [0.717, 1.165) is 35.9 Å². The molecule has 2 aliphatic rings. The number of nitrogens with zero attached hydrogens (tertiary/aromatic N) is 4. The fraction of sp³-hybridized carbons (Fsp3) is 0.333. The largest absolute Gasteiger partial charge is 0.478 e. The zero-order chi connectivity index (χ0) is 21.7. The SMILES string of the molecule is CN1C2CCC1CN(c1ccc(-c3ccccc3N)nn1)C2.O=C(O)/C=C/C(=O)O. The van der Waals surface area contributed by atoms with Gasteiger partial charge in [-0.15, -0.1) is 10.2 Å². The van der Waals surface area contributed by atoms with Crippen LogP contribution in [0, 0.1) is 0 Å². The highest BCUT2D eigenvalue weighted by Gasteiger charge is 2.37. The highest BCUT2D eigenvalue weighted by molar-refractivity contribution is 5.89. The summed E-state index contributed by atoms with van der Waals surface area (Å²) in [7, 11) is 2.24. The molecule has 0 radical (unpaired) electrons. The number of hydrogen-bond donors (Lipinski definition) is 3. The average molecular weight is 411 g/mol. The molecular weight excluding hydrogens is 386 g/mol. The molecule has 1 aromatic carbocycles. The lowest BCUT2D eigenvalue weighted by molar-refractivity contribution is -0.134. The molecule has 0 spiro atoms. The smallest absolute Gasteiger partial charge is 0.328 e. The number of piperazine rings is 1. The second kappa shape index (κ2) is 9.36. The first-order chi connectivity index (χ1) is 14.3. The third-order valence-electron chi connectivity index (χ3n) is 5.43. The first-order valence-electron chi connectivity index (χ1n) is 9.64. The molecular formula is C21H25N5O4. The third kappa shape index (κ3) is 5.12. The van der Waals surface area contributed by atoms with Crippen molar-refractivity contribution in [2.45, 2.75) is 24.9 Å². The van der Waals surface area contributed by atoms with E-state index in [0.29, 0.717) is 24.2 Å². The summed E-state index contributed by atoms with van der Waals surface area (Å²) in [5.74, 6) is -1.54. The maximum absolute atomic E-state index is 9.55. The van der Waals surface area contributed by atoms with Crippen LogP contribution in [-0.4, -0.2) is 69.5 Å². The fourth-order valence-electron chi connectivity index (χ4n) is 3.81. The molecule has 0 aliphatic carbocycles. The monoisotopic (exact) mass is 411 g/mol. The van der Waals surface area contributed by atoms with Crippen molar-refractivity contribution in [3.63, 3.8) is 0 Å². The molecule has 2 fully saturated rings. The molecule has 3 heterocycles. The quantitative estimate of drug-likeness (QED) is 0.508. The van der Waals surface area contributed by atoms with Gasteiger partial charge in [0.25, 0.3) is 0 Å². The minimum absolute atomic E-state index is 0.558. The van der Waals surface area contributed by atoms with Gasteiger partial charge < -0.3 is 20.8 Å². The lowest BCUT2D eigenvalue weighted by Gasteiger charge is -2.39. The Morgan fingerprint density at radius 2 is 1.60 bits per heavy atom. The summed E-state index contributed by atoms with van der Waals surface area (Å²) in [4.78, 5) is 24.0. The summed E-state index contributed by atoms with van der Waals surface area (Å²) < 4.78 is 0. The van der Waals surface area contributed by atoms with E-state index in [1.54, 1.807) is 0 Å². The number of carbonyl (C=O) groups is 2. The molecule has 158 valence electrons. The van der Waals surface area contributed by atoms with Gasteiger partial charge in [0.1, 0.15) is 0 Å². The van der Waals surface area contributed by atoms with E-state index < -0.39 is 11.9 Å². The summed E-state index contributed by atoms with van der Waals surface area (Å²) in [5, 5.41) is 24.5. The summed E-state index contributed by atoms with van der Waals surface area (Å²) in [6.07, 6.45) is 3.71. The predicted octanol–water partition coefficient (Wildman–Crippen LogP) is 1.72. The molecule has 2 aliphatic heterocycles. The van der Waals surface area contributed by atoms with E-state index in [1.165, 1.54) is 12.8 Å². The number of benzene rings is 1. The standard InChI is InChI=1S/C17H21N5.C4H4O4/c1-21-12-6-7-13(21)11-22(10-12)17-9-8-16(19-20-17)14-4-2-3-5-15(14)18;5-3(6)1-2-4(7)8/h2-5,8-9,12-13H,6-7,10-11,18H2,1H3;1-2H,(H,5,6)(H,7,8)/b;2-1+. The predicted molar refractivity (Wildman–Crippen MR) is 113 cm³/mol.